The minimum atomic E-state index is 0.198. The van der Waals surface area contributed by atoms with Gasteiger partial charge < -0.3 is 15.0 Å². The van der Waals surface area contributed by atoms with Crippen LogP contribution in [0.1, 0.15) is 13.8 Å². The molecule has 0 unspecified atom stereocenters. The summed E-state index contributed by atoms with van der Waals surface area (Å²) in [6.45, 7) is 5.91. The number of ether oxygens (including phenoxy) is 1. The summed E-state index contributed by atoms with van der Waals surface area (Å²) in [5.41, 5.74) is 5.60. The molecule has 4 aromatic rings. The van der Waals surface area contributed by atoms with E-state index in [1.807, 2.05) is 49.9 Å². The maximum Gasteiger partial charge on any atom is 0.130 e. The van der Waals surface area contributed by atoms with Gasteiger partial charge in [-0.1, -0.05) is 0 Å². The SMILES string of the molecule is C[C@@H]1CN(c2cncc(Nc3cc(-c4ccc5nn(C)cc5n4)ccn3)c2)C[C@H](C)O1. The summed E-state index contributed by atoms with van der Waals surface area (Å²) in [4.78, 5) is 16.0. The minimum absolute atomic E-state index is 0.198. The maximum atomic E-state index is 5.85. The molecule has 0 bridgehead atoms. The van der Waals surface area contributed by atoms with Crippen LogP contribution in [-0.4, -0.2) is 50.0 Å². The number of hydrogen-bond donors (Lipinski definition) is 1. The number of anilines is 3. The second-order valence-corrected chi connectivity index (χ2v) is 8.05. The molecule has 0 amide bonds. The van der Waals surface area contributed by atoms with E-state index < -0.39 is 0 Å². The lowest BCUT2D eigenvalue weighted by atomic mass is 10.1. The molecule has 1 saturated heterocycles. The highest BCUT2D eigenvalue weighted by Gasteiger charge is 2.22. The summed E-state index contributed by atoms with van der Waals surface area (Å²) in [6, 6.07) is 10.0. The van der Waals surface area contributed by atoms with E-state index in [1.54, 1.807) is 10.9 Å². The third-order valence-corrected chi connectivity index (χ3v) is 5.31. The number of nitrogens with zero attached hydrogens (tertiary/aromatic N) is 6. The van der Waals surface area contributed by atoms with Crippen LogP contribution < -0.4 is 10.2 Å². The second kappa shape index (κ2) is 7.96. The first-order valence-corrected chi connectivity index (χ1v) is 10.4. The van der Waals surface area contributed by atoms with Crippen LogP contribution in [0.3, 0.4) is 0 Å². The Hall–Kier alpha value is -3.52. The topological polar surface area (TPSA) is 81.0 Å². The lowest BCUT2D eigenvalue weighted by molar-refractivity contribution is -0.00523. The van der Waals surface area contributed by atoms with Gasteiger partial charge in [-0.25, -0.2) is 9.97 Å². The van der Waals surface area contributed by atoms with E-state index in [0.717, 1.165) is 52.6 Å². The number of hydrogen-bond acceptors (Lipinski definition) is 7. The normalized spacial score (nSPS) is 19.0. The average Bonchev–Trinajstić information content (AvgIpc) is 3.13. The van der Waals surface area contributed by atoms with Crippen LogP contribution in [0, 0.1) is 0 Å². The predicted molar refractivity (Wildman–Crippen MR) is 121 cm³/mol. The smallest absolute Gasteiger partial charge is 0.130 e. The van der Waals surface area contributed by atoms with Crippen LogP contribution in [0.2, 0.25) is 0 Å². The first-order valence-electron chi connectivity index (χ1n) is 10.4. The number of nitrogens with one attached hydrogen (secondary N) is 1. The van der Waals surface area contributed by atoms with Gasteiger partial charge in [0.05, 0.1) is 47.9 Å². The van der Waals surface area contributed by atoms with Gasteiger partial charge in [-0.05, 0) is 44.2 Å². The van der Waals surface area contributed by atoms with Crippen molar-refractivity contribution in [2.75, 3.05) is 23.3 Å². The van der Waals surface area contributed by atoms with Crippen molar-refractivity contribution < 1.29 is 4.74 Å². The Morgan fingerprint density at radius 2 is 1.87 bits per heavy atom. The largest absolute Gasteiger partial charge is 0.372 e. The Bertz CT molecular complexity index is 1210. The van der Waals surface area contributed by atoms with E-state index in [4.69, 9.17) is 9.72 Å². The van der Waals surface area contributed by atoms with Gasteiger partial charge in [-0.15, -0.1) is 0 Å². The summed E-state index contributed by atoms with van der Waals surface area (Å²) < 4.78 is 7.62. The molecular formula is C23H25N7O. The maximum absolute atomic E-state index is 5.85. The Labute approximate surface area is 180 Å². The van der Waals surface area contributed by atoms with Gasteiger partial charge in [0.25, 0.3) is 0 Å². The van der Waals surface area contributed by atoms with Gasteiger partial charge in [0.15, 0.2) is 0 Å². The number of pyridine rings is 3. The average molecular weight is 416 g/mol. The van der Waals surface area contributed by atoms with Gasteiger partial charge in [-0.3, -0.25) is 9.67 Å². The molecule has 0 spiro atoms. The Balaban J connectivity index is 1.38. The minimum Gasteiger partial charge on any atom is -0.372 e. The molecule has 0 radical (unpaired) electrons. The highest BCUT2D eigenvalue weighted by Crippen LogP contribution is 2.26. The number of aromatic nitrogens is 5. The van der Waals surface area contributed by atoms with Crippen LogP contribution in [0.5, 0.6) is 0 Å². The number of rotatable bonds is 4. The Morgan fingerprint density at radius 3 is 2.71 bits per heavy atom. The van der Waals surface area contributed by atoms with Crippen molar-refractivity contribution in [2.45, 2.75) is 26.1 Å². The van der Waals surface area contributed by atoms with Crippen LogP contribution in [-0.2, 0) is 11.8 Å². The van der Waals surface area contributed by atoms with Crippen LogP contribution >= 0.6 is 0 Å². The quantitative estimate of drug-likeness (QED) is 0.543. The molecule has 1 fully saturated rings. The summed E-state index contributed by atoms with van der Waals surface area (Å²) in [6.07, 6.45) is 7.81. The first-order chi connectivity index (χ1) is 15.0. The van der Waals surface area contributed by atoms with E-state index in [2.05, 4.69) is 45.2 Å². The van der Waals surface area contributed by atoms with Crippen molar-refractivity contribution in [2.24, 2.45) is 7.05 Å². The highest BCUT2D eigenvalue weighted by atomic mass is 16.5. The molecule has 5 rings (SSSR count). The summed E-state index contributed by atoms with van der Waals surface area (Å²) >= 11 is 0. The first kappa shape index (κ1) is 19.4. The highest BCUT2D eigenvalue weighted by molar-refractivity contribution is 5.78. The molecule has 5 heterocycles. The number of aryl methyl sites for hydroxylation is 1. The molecule has 4 aromatic heterocycles. The standard InChI is InChI=1S/C23H25N7O/c1-15-12-30(13-16(2)31-15)19-9-18(10-24-11-19)26-23-8-17(6-7-25-23)20-4-5-21-22(27-20)14-29(3)28-21/h4-11,14-16H,12-13H2,1-3H3,(H,25,26)/t15-,16+. The molecular weight excluding hydrogens is 390 g/mol. The van der Waals surface area contributed by atoms with E-state index in [9.17, 15) is 0 Å². The van der Waals surface area contributed by atoms with Gasteiger partial charge in [0.1, 0.15) is 16.9 Å². The Morgan fingerprint density at radius 1 is 1.03 bits per heavy atom. The summed E-state index contributed by atoms with van der Waals surface area (Å²) in [7, 11) is 1.90. The van der Waals surface area contributed by atoms with Gasteiger partial charge in [0.2, 0.25) is 0 Å². The van der Waals surface area contributed by atoms with Crippen LogP contribution in [0.15, 0.2) is 55.1 Å². The zero-order valence-corrected chi connectivity index (χ0v) is 17.9. The molecule has 1 aliphatic rings. The molecule has 2 atom stereocenters. The third-order valence-electron chi connectivity index (χ3n) is 5.31. The van der Waals surface area contributed by atoms with Crippen LogP contribution in [0.4, 0.5) is 17.2 Å². The van der Waals surface area contributed by atoms with Gasteiger partial charge in [0, 0.05) is 31.9 Å². The molecule has 1 aliphatic heterocycles. The van der Waals surface area contributed by atoms with Gasteiger partial charge >= 0.3 is 0 Å². The van der Waals surface area contributed by atoms with Gasteiger partial charge in [-0.2, -0.15) is 5.10 Å². The molecule has 0 aliphatic carbocycles. The van der Waals surface area contributed by atoms with Crippen molar-refractivity contribution in [3.63, 3.8) is 0 Å². The Kier molecular flexibility index (Phi) is 4.99. The van der Waals surface area contributed by atoms with E-state index in [0.29, 0.717) is 0 Å². The zero-order chi connectivity index (χ0) is 21.4. The zero-order valence-electron chi connectivity index (χ0n) is 17.9. The predicted octanol–water partition coefficient (Wildman–Crippen LogP) is 3.78. The molecule has 8 nitrogen and oxygen atoms in total. The van der Waals surface area contributed by atoms with Crippen LogP contribution in [0.25, 0.3) is 22.3 Å². The molecule has 8 heteroatoms. The number of fused-ring (bicyclic) bond motifs is 1. The lowest BCUT2D eigenvalue weighted by Gasteiger charge is -2.36. The number of morpholine rings is 1. The summed E-state index contributed by atoms with van der Waals surface area (Å²) in [5.74, 6) is 0.744. The van der Waals surface area contributed by atoms with Crippen molar-refractivity contribution in [1.82, 2.24) is 24.7 Å². The molecule has 1 N–H and O–H groups in total. The fraction of sp³-hybridized carbons (Fsp3) is 0.304. The van der Waals surface area contributed by atoms with Crippen molar-refractivity contribution in [3.05, 3.63) is 55.1 Å². The summed E-state index contributed by atoms with van der Waals surface area (Å²) in [5, 5.41) is 7.77. The fourth-order valence-electron chi connectivity index (χ4n) is 4.05. The molecule has 158 valence electrons. The van der Waals surface area contributed by atoms with Crippen molar-refractivity contribution >= 4 is 28.2 Å². The molecule has 0 saturated carbocycles. The molecule has 31 heavy (non-hydrogen) atoms. The monoisotopic (exact) mass is 415 g/mol. The van der Waals surface area contributed by atoms with Crippen molar-refractivity contribution in [1.29, 1.82) is 0 Å². The fourth-order valence-corrected chi connectivity index (χ4v) is 4.05. The van der Waals surface area contributed by atoms with E-state index in [-0.39, 0.29) is 12.2 Å². The second-order valence-electron chi connectivity index (χ2n) is 8.05. The van der Waals surface area contributed by atoms with E-state index in [1.165, 1.54) is 0 Å². The molecule has 0 aromatic carbocycles. The van der Waals surface area contributed by atoms with E-state index >= 15 is 0 Å². The lowest BCUT2D eigenvalue weighted by Crippen LogP contribution is -2.45. The third kappa shape index (κ3) is 4.20. The van der Waals surface area contributed by atoms with Crippen molar-refractivity contribution in [3.8, 4) is 11.3 Å².